The zero-order chi connectivity index (χ0) is 22.6. The van der Waals surface area contributed by atoms with Crippen LogP contribution in [0.25, 0.3) is 22.6 Å². The van der Waals surface area contributed by atoms with Crippen LogP contribution in [0.15, 0.2) is 89.3 Å². The van der Waals surface area contributed by atoms with Crippen molar-refractivity contribution in [3.05, 3.63) is 102 Å². The van der Waals surface area contributed by atoms with Crippen LogP contribution < -0.4 is 0 Å². The van der Waals surface area contributed by atoms with Gasteiger partial charge in [0.15, 0.2) is 11.7 Å². The van der Waals surface area contributed by atoms with Gasteiger partial charge in [0, 0.05) is 30.4 Å². The maximum atomic E-state index is 12.9. The van der Waals surface area contributed by atoms with E-state index in [1.54, 1.807) is 0 Å². The molecule has 0 radical (unpaired) electrons. The molecule has 0 aliphatic heterocycles. The van der Waals surface area contributed by atoms with Crippen LogP contribution in [-0.2, 0) is 23.8 Å². The van der Waals surface area contributed by atoms with Crippen molar-refractivity contribution in [3.63, 3.8) is 0 Å². The Labute approximate surface area is 183 Å². The predicted octanol–water partition coefficient (Wildman–Crippen LogP) is 6.77. The average Bonchev–Trinajstić information content (AvgIpc) is 3.23. The number of ketones is 1. The molecule has 0 aliphatic rings. The fourth-order valence-electron chi connectivity index (χ4n) is 3.47. The maximum Gasteiger partial charge on any atom is 0.416 e. The first-order valence-corrected chi connectivity index (χ1v) is 10.2. The normalized spacial score (nSPS) is 11.5. The monoisotopic (exact) mass is 435 g/mol. The first-order valence-electron chi connectivity index (χ1n) is 10.2. The zero-order valence-corrected chi connectivity index (χ0v) is 17.1. The van der Waals surface area contributed by atoms with Gasteiger partial charge in [0.1, 0.15) is 11.5 Å². The van der Waals surface area contributed by atoms with Crippen molar-refractivity contribution >= 4 is 5.78 Å². The van der Waals surface area contributed by atoms with Gasteiger partial charge in [0.2, 0.25) is 0 Å². The van der Waals surface area contributed by atoms with Gasteiger partial charge in [-0.05, 0) is 11.6 Å². The van der Waals surface area contributed by atoms with E-state index in [2.05, 4.69) is 4.98 Å². The second-order valence-corrected chi connectivity index (χ2v) is 7.43. The summed E-state index contributed by atoms with van der Waals surface area (Å²) in [4.78, 5) is 17.0. The molecule has 32 heavy (non-hydrogen) atoms. The number of hydrogen-bond donors (Lipinski definition) is 0. The molecule has 0 spiro atoms. The van der Waals surface area contributed by atoms with Gasteiger partial charge in [0.05, 0.1) is 5.56 Å². The molecule has 0 bridgehead atoms. The van der Waals surface area contributed by atoms with E-state index in [1.165, 1.54) is 12.1 Å². The summed E-state index contributed by atoms with van der Waals surface area (Å²) in [5.74, 6) is 0.863. The van der Waals surface area contributed by atoms with Crippen molar-refractivity contribution < 1.29 is 22.4 Å². The van der Waals surface area contributed by atoms with E-state index >= 15 is 0 Å². The summed E-state index contributed by atoms with van der Waals surface area (Å²) in [5, 5.41) is 0. The van der Waals surface area contributed by atoms with Gasteiger partial charge < -0.3 is 4.42 Å². The molecule has 3 aromatic carbocycles. The molecular weight excluding hydrogens is 415 g/mol. The van der Waals surface area contributed by atoms with E-state index in [0.29, 0.717) is 22.9 Å². The molecule has 0 saturated heterocycles. The molecule has 1 aromatic heterocycles. The number of rotatable bonds is 7. The number of hydrogen-bond acceptors (Lipinski definition) is 3. The second kappa shape index (κ2) is 9.22. The highest BCUT2D eigenvalue weighted by atomic mass is 19.4. The molecule has 6 heteroatoms. The minimum atomic E-state index is -4.43. The molecular formula is C26H20F3NO2. The molecule has 0 amide bonds. The first-order chi connectivity index (χ1) is 15.4. The molecule has 0 fully saturated rings. The Morgan fingerprint density at radius 1 is 0.844 bits per heavy atom. The third kappa shape index (κ3) is 5.14. The predicted molar refractivity (Wildman–Crippen MR) is 116 cm³/mol. The Balaban J connectivity index is 1.50. The second-order valence-electron chi connectivity index (χ2n) is 7.43. The van der Waals surface area contributed by atoms with Gasteiger partial charge in [-0.25, -0.2) is 4.98 Å². The number of aromatic nitrogens is 1. The number of nitrogens with zero attached hydrogens (tertiary/aromatic N) is 1. The standard InChI is InChI=1S/C26H20F3NO2/c27-26(28,29)21-13-7-8-18(16-21)17-22(31)14-15-23-30-24(19-9-3-1-4-10-19)25(32-23)20-11-5-2-6-12-20/h1-13,16H,14-15,17H2. The van der Waals surface area contributed by atoms with Crippen molar-refractivity contribution in [1.29, 1.82) is 0 Å². The number of aryl methyl sites for hydroxylation is 1. The van der Waals surface area contributed by atoms with E-state index in [4.69, 9.17) is 4.42 Å². The lowest BCUT2D eigenvalue weighted by Gasteiger charge is -2.08. The Bertz CT molecular complexity index is 1140. The van der Waals surface area contributed by atoms with Gasteiger partial charge >= 0.3 is 6.18 Å². The van der Waals surface area contributed by atoms with Crippen molar-refractivity contribution in [3.8, 4) is 22.6 Å². The Kier molecular flexibility index (Phi) is 6.21. The number of oxazole rings is 1. The molecule has 4 aromatic rings. The molecule has 3 nitrogen and oxygen atoms in total. The summed E-state index contributed by atoms with van der Waals surface area (Å²) in [7, 11) is 0. The Hall–Kier alpha value is -3.67. The largest absolute Gasteiger partial charge is 0.440 e. The van der Waals surface area contributed by atoms with E-state index in [0.717, 1.165) is 23.3 Å². The van der Waals surface area contributed by atoms with E-state index in [1.807, 2.05) is 60.7 Å². The van der Waals surface area contributed by atoms with E-state index < -0.39 is 11.7 Å². The summed E-state index contributed by atoms with van der Waals surface area (Å²) in [6.07, 6.45) is -4.11. The van der Waals surface area contributed by atoms with Gasteiger partial charge in [-0.2, -0.15) is 13.2 Å². The lowest BCUT2D eigenvalue weighted by atomic mass is 10.0. The van der Waals surface area contributed by atoms with Crippen molar-refractivity contribution in [2.45, 2.75) is 25.4 Å². The number of alkyl halides is 3. The molecule has 0 unspecified atom stereocenters. The molecule has 0 atom stereocenters. The van der Waals surface area contributed by atoms with Crippen LogP contribution in [0.4, 0.5) is 13.2 Å². The quantitative estimate of drug-likeness (QED) is 0.322. The summed E-state index contributed by atoms with van der Waals surface area (Å²) in [6.45, 7) is 0. The Morgan fingerprint density at radius 3 is 2.16 bits per heavy atom. The van der Waals surface area contributed by atoms with Crippen LogP contribution in [-0.4, -0.2) is 10.8 Å². The number of carbonyl (C=O) groups is 1. The lowest BCUT2D eigenvalue weighted by molar-refractivity contribution is -0.137. The van der Waals surface area contributed by atoms with Gasteiger partial charge in [0.25, 0.3) is 0 Å². The van der Waals surface area contributed by atoms with E-state index in [-0.39, 0.29) is 25.0 Å². The Morgan fingerprint density at radius 2 is 1.50 bits per heavy atom. The molecule has 162 valence electrons. The lowest BCUT2D eigenvalue weighted by Crippen LogP contribution is -2.08. The molecule has 0 saturated carbocycles. The van der Waals surface area contributed by atoms with Crippen LogP contribution >= 0.6 is 0 Å². The third-order valence-corrected chi connectivity index (χ3v) is 5.03. The fraction of sp³-hybridized carbons (Fsp3) is 0.154. The SMILES string of the molecule is O=C(CCc1nc(-c2ccccc2)c(-c2ccccc2)o1)Cc1cccc(C(F)(F)F)c1. The third-order valence-electron chi connectivity index (χ3n) is 5.03. The van der Waals surface area contributed by atoms with Crippen LogP contribution in [0, 0.1) is 0 Å². The highest BCUT2D eigenvalue weighted by molar-refractivity contribution is 5.81. The topological polar surface area (TPSA) is 43.1 Å². The van der Waals surface area contributed by atoms with Crippen LogP contribution in [0.5, 0.6) is 0 Å². The molecule has 1 heterocycles. The molecule has 4 rings (SSSR count). The van der Waals surface area contributed by atoms with Crippen molar-refractivity contribution in [1.82, 2.24) is 4.98 Å². The average molecular weight is 435 g/mol. The zero-order valence-electron chi connectivity index (χ0n) is 17.1. The number of carbonyl (C=O) groups excluding carboxylic acids is 1. The van der Waals surface area contributed by atoms with Gasteiger partial charge in [-0.3, -0.25) is 4.79 Å². The minimum absolute atomic E-state index is 0.0677. The minimum Gasteiger partial charge on any atom is -0.440 e. The highest BCUT2D eigenvalue weighted by Crippen LogP contribution is 2.33. The number of benzene rings is 3. The van der Waals surface area contributed by atoms with Gasteiger partial charge in [-0.1, -0.05) is 78.9 Å². The van der Waals surface area contributed by atoms with Crippen LogP contribution in [0.2, 0.25) is 0 Å². The van der Waals surface area contributed by atoms with Crippen LogP contribution in [0.3, 0.4) is 0 Å². The summed E-state index contributed by atoms with van der Waals surface area (Å²) in [5.41, 5.74) is 2.05. The molecule has 0 aliphatic carbocycles. The van der Waals surface area contributed by atoms with E-state index in [9.17, 15) is 18.0 Å². The first kappa shape index (κ1) is 21.6. The van der Waals surface area contributed by atoms with Gasteiger partial charge in [-0.15, -0.1) is 0 Å². The molecule has 0 N–H and O–H groups in total. The smallest absolute Gasteiger partial charge is 0.416 e. The summed E-state index contributed by atoms with van der Waals surface area (Å²) in [6, 6.07) is 24.1. The van der Waals surface area contributed by atoms with Crippen molar-refractivity contribution in [2.24, 2.45) is 0 Å². The fourth-order valence-corrected chi connectivity index (χ4v) is 3.47. The van der Waals surface area contributed by atoms with Crippen molar-refractivity contribution in [2.75, 3.05) is 0 Å². The summed E-state index contributed by atoms with van der Waals surface area (Å²) >= 11 is 0. The van der Waals surface area contributed by atoms with Crippen LogP contribution in [0.1, 0.15) is 23.4 Å². The number of halogens is 3. The number of Topliss-reactive ketones (excluding diaryl/α,β-unsaturated/α-hetero) is 1. The highest BCUT2D eigenvalue weighted by Gasteiger charge is 2.30. The maximum absolute atomic E-state index is 12.9. The summed E-state index contributed by atoms with van der Waals surface area (Å²) < 4.78 is 44.7.